The predicted octanol–water partition coefficient (Wildman–Crippen LogP) is 2.15. The summed E-state index contributed by atoms with van der Waals surface area (Å²) in [5, 5.41) is 17.2. The molecular weight excluding hydrogens is 188 g/mol. The fourth-order valence-electron chi connectivity index (χ4n) is 1.39. The average Bonchev–Trinajstić information content (AvgIpc) is 2.19. The first-order valence-electron chi connectivity index (χ1n) is 4.51. The van der Waals surface area contributed by atoms with Crippen molar-refractivity contribution in [2.45, 2.75) is 13.8 Å². The van der Waals surface area contributed by atoms with Crippen molar-refractivity contribution in [3.05, 3.63) is 34.9 Å². The molecule has 3 nitrogen and oxygen atoms in total. The molecule has 0 saturated heterocycles. The zero-order chi connectivity index (χ0) is 11.4. The molecule has 0 unspecified atom stereocenters. The molecule has 0 heterocycles. The van der Waals surface area contributed by atoms with Crippen LogP contribution in [0.25, 0.3) is 0 Å². The minimum Gasteiger partial charge on any atom is -0.291 e. The Morgan fingerprint density at radius 1 is 1.27 bits per heavy atom. The molecule has 1 aromatic rings. The zero-order valence-corrected chi connectivity index (χ0v) is 8.61. The van der Waals surface area contributed by atoms with E-state index in [1.807, 2.05) is 13.0 Å². The molecule has 0 atom stereocenters. The highest BCUT2D eigenvalue weighted by molar-refractivity contribution is 6.02. The van der Waals surface area contributed by atoms with Crippen molar-refractivity contribution in [2.24, 2.45) is 5.92 Å². The number of nitriles is 2. The van der Waals surface area contributed by atoms with E-state index >= 15 is 0 Å². The van der Waals surface area contributed by atoms with Crippen molar-refractivity contribution in [3.63, 3.8) is 0 Å². The third-order valence-corrected chi connectivity index (χ3v) is 2.17. The van der Waals surface area contributed by atoms with Gasteiger partial charge in [-0.15, -0.1) is 0 Å². The Hall–Kier alpha value is -2.13. The molecule has 3 heteroatoms. The molecule has 0 radical (unpaired) electrons. The molecule has 0 amide bonds. The van der Waals surface area contributed by atoms with E-state index in [4.69, 9.17) is 10.5 Å². The van der Waals surface area contributed by atoms with Gasteiger partial charge in [0.15, 0.2) is 11.7 Å². The third-order valence-electron chi connectivity index (χ3n) is 2.17. The standard InChI is InChI=1S/C12H10N2O/c1-8-3-4-11(9(2)5-8)12(15)10(6-13)7-14/h3-5,10H,1-2H3. The lowest BCUT2D eigenvalue weighted by molar-refractivity contribution is 0.0970. The maximum Gasteiger partial charge on any atom is 0.195 e. The van der Waals surface area contributed by atoms with Gasteiger partial charge in [-0.3, -0.25) is 4.79 Å². The van der Waals surface area contributed by atoms with Crippen molar-refractivity contribution in [1.82, 2.24) is 0 Å². The topological polar surface area (TPSA) is 64.7 Å². The number of carbonyl (C=O) groups is 1. The molecule has 0 N–H and O–H groups in total. The minimum absolute atomic E-state index is 0.419. The Kier molecular flexibility index (Phi) is 3.21. The second-order valence-electron chi connectivity index (χ2n) is 3.37. The van der Waals surface area contributed by atoms with Gasteiger partial charge < -0.3 is 0 Å². The van der Waals surface area contributed by atoms with Gasteiger partial charge in [-0.1, -0.05) is 23.8 Å². The Balaban J connectivity index is 3.14. The lowest BCUT2D eigenvalue weighted by Gasteiger charge is -2.05. The van der Waals surface area contributed by atoms with Gasteiger partial charge in [0.25, 0.3) is 0 Å². The fourth-order valence-corrected chi connectivity index (χ4v) is 1.39. The van der Waals surface area contributed by atoms with E-state index in [0.717, 1.165) is 11.1 Å². The SMILES string of the molecule is Cc1ccc(C(=O)C(C#N)C#N)c(C)c1. The lowest BCUT2D eigenvalue weighted by Crippen LogP contribution is -2.12. The smallest absolute Gasteiger partial charge is 0.195 e. The number of carbonyl (C=O) groups excluding carboxylic acids is 1. The number of hydrogen-bond acceptors (Lipinski definition) is 3. The molecule has 0 aromatic heterocycles. The van der Waals surface area contributed by atoms with Gasteiger partial charge in [-0.05, 0) is 19.4 Å². The van der Waals surface area contributed by atoms with Gasteiger partial charge in [0.05, 0.1) is 12.1 Å². The van der Waals surface area contributed by atoms with Gasteiger partial charge in [0.1, 0.15) is 0 Å². The van der Waals surface area contributed by atoms with Crippen LogP contribution in [0.15, 0.2) is 18.2 Å². The summed E-state index contributed by atoms with van der Waals surface area (Å²) in [6.45, 7) is 3.72. The van der Waals surface area contributed by atoms with E-state index in [0.29, 0.717) is 5.56 Å². The summed E-state index contributed by atoms with van der Waals surface area (Å²) in [5.41, 5.74) is 2.30. The van der Waals surface area contributed by atoms with E-state index < -0.39 is 11.7 Å². The van der Waals surface area contributed by atoms with Gasteiger partial charge >= 0.3 is 0 Å². The van der Waals surface area contributed by atoms with Crippen LogP contribution >= 0.6 is 0 Å². The summed E-state index contributed by atoms with van der Waals surface area (Å²) in [6, 6.07) is 8.68. The highest BCUT2D eigenvalue weighted by atomic mass is 16.1. The first kappa shape index (κ1) is 10.9. The monoisotopic (exact) mass is 198 g/mol. The number of nitrogens with zero attached hydrogens (tertiary/aromatic N) is 2. The minimum atomic E-state index is -1.20. The summed E-state index contributed by atoms with van der Waals surface area (Å²) in [7, 11) is 0. The van der Waals surface area contributed by atoms with E-state index in [2.05, 4.69) is 0 Å². The number of Topliss-reactive ketones (excluding diaryl/α,β-unsaturated/α-hetero) is 1. The summed E-state index contributed by atoms with van der Waals surface area (Å²) >= 11 is 0. The molecule has 74 valence electrons. The second-order valence-corrected chi connectivity index (χ2v) is 3.37. The molecular formula is C12H10N2O. The predicted molar refractivity (Wildman–Crippen MR) is 55.0 cm³/mol. The quantitative estimate of drug-likeness (QED) is 0.684. The summed E-state index contributed by atoms with van der Waals surface area (Å²) in [6.07, 6.45) is 0. The van der Waals surface area contributed by atoms with E-state index in [1.165, 1.54) is 0 Å². The largest absolute Gasteiger partial charge is 0.291 e. The average molecular weight is 198 g/mol. The summed E-state index contributed by atoms with van der Waals surface area (Å²) in [5.74, 6) is -1.62. The molecule has 0 aliphatic carbocycles. The zero-order valence-electron chi connectivity index (χ0n) is 8.61. The van der Waals surface area contributed by atoms with E-state index in [9.17, 15) is 4.79 Å². The number of aryl methyl sites for hydroxylation is 2. The number of rotatable bonds is 2. The molecule has 0 fully saturated rings. The van der Waals surface area contributed by atoms with Crippen LogP contribution in [-0.2, 0) is 0 Å². The summed E-state index contributed by atoms with van der Waals surface area (Å²) < 4.78 is 0. The van der Waals surface area contributed by atoms with Crippen molar-refractivity contribution < 1.29 is 4.79 Å². The van der Waals surface area contributed by atoms with Gasteiger partial charge in [-0.25, -0.2) is 0 Å². The maximum atomic E-state index is 11.7. The van der Waals surface area contributed by atoms with Crippen molar-refractivity contribution in [3.8, 4) is 12.1 Å². The van der Waals surface area contributed by atoms with Gasteiger partial charge in [0.2, 0.25) is 0 Å². The third kappa shape index (κ3) is 2.21. The molecule has 15 heavy (non-hydrogen) atoms. The normalized spacial score (nSPS) is 9.40. The first-order chi connectivity index (χ1) is 7.10. The number of hydrogen-bond donors (Lipinski definition) is 0. The van der Waals surface area contributed by atoms with Crippen molar-refractivity contribution >= 4 is 5.78 Å². The molecule has 1 rings (SSSR count). The molecule has 0 spiro atoms. The number of benzene rings is 1. The molecule has 0 aliphatic heterocycles. The Morgan fingerprint density at radius 3 is 2.33 bits per heavy atom. The number of ketones is 1. The Labute approximate surface area is 88.6 Å². The Bertz CT molecular complexity index is 463. The second kappa shape index (κ2) is 4.39. The fraction of sp³-hybridized carbons (Fsp3) is 0.250. The van der Waals surface area contributed by atoms with Crippen LogP contribution in [0.3, 0.4) is 0 Å². The lowest BCUT2D eigenvalue weighted by atomic mass is 9.95. The molecule has 1 aromatic carbocycles. The Morgan fingerprint density at radius 2 is 1.87 bits per heavy atom. The van der Waals surface area contributed by atoms with E-state index in [1.54, 1.807) is 31.2 Å². The van der Waals surface area contributed by atoms with Crippen molar-refractivity contribution in [2.75, 3.05) is 0 Å². The van der Waals surface area contributed by atoms with Crippen LogP contribution < -0.4 is 0 Å². The van der Waals surface area contributed by atoms with Gasteiger partial charge in [0, 0.05) is 5.56 Å². The maximum absolute atomic E-state index is 11.7. The van der Waals surface area contributed by atoms with Crippen LogP contribution in [0, 0.1) is 42.4 Å². The molecule has 0 aliphatic rings. The summed E-state index contributed by atoms with van der Waals surface area (Å²) in [4.78, 5) is 11.7. The highest BCUT2D eigenvalue weighted by Gasteiger charge is 2.20. The van der Waals surface area contributed by atoms with Crippen LogP contribution in [0.2, 0.25) is 0 Å². The van der Waals surface area contributed by atoms with Crippen molar-refractivity contribution in [1.29, 1.82) is 10.5 Å². The van der Waals surface area contributed by atoms with Gasteiger partial charge in [-0.2, -0.15) is 10.5 Å². The van der Waals surface area contributed by atoms with E-state index in [-0.39, 0.29) is 0 Å². The van der Waals surface area contributed by atoms with Crippen LogP contribution in [0.5, 0.6) is 0 Å². The van der Waals surface area contributed by atoms with Crippen LogP contribution in [0.4, 0.5) is 0 Å². The van der Waals surface area contributed by atoms with Crippen LogP contribution in [0.1, 0.15) is 21.5 Å². The van der Waals surface area contributed by atoms with Crippen LogP contribution in [-0.4, -0.2) is 5.78 Å². The highest BCUT2D eigenvalue weighted by Crippen LogP contribution is 2.14. The molecule has 0 saturated carbocycles. The molecule has 0 bridgehead atoms. The first-order valence-corrected chi connectivity index (χ1v) is 4.51.